The van der Waals surface area contributed by atoms with Crippen LogP contribution in [-0.2, 0) is 0 Å². The van der Waals surface area contributed by atoms with Crippen LogP contribution in [0.3, 0.4) is 0 Å². The monoisotopic (exact) mass is 283 g/mol. The van der Waals surface area contributed by atoms with Crippen molar-refractivity contribution < 1.29 is 4.79 Å². The van der Waals surface area contributed by atoms with Crippen LogP contribution in [0.15, 0.2) is 30.3 Å². The molecule has 1 amide bonds. The van der Waals surface area contributed by atoms with Crippen LogP contribution >= 0.6 is 0 Å². The number of carbonyl (C=O) groups is 1. The van der Waals surface area contributed by atoms with Gasteiger partial charge in [0.05, 0.1) is 5.52 Å². The van der Waals surface area contributed by atoms with Crippen molar-refractivity contribution >= 4 is 22.5 Å². The van der Waals surface area contributed by atoms with E-state index in [1.54, 1.807) is 0 Å². The molecule has 1 aliphatic carbocycles. The molecule has 21 heavy (non-hydrogen) atoms. The van der Waals surface area contributed by atoms with Gasteiger partial charge in [-0.25, -0.2) is 4.98 Å². The van der Waals surface area contributed by atoms with E-state index in [0.717, 1.165) is 28.9 Å². The molecule has 0 spiro atoms. The van der Waals surface area contributed by atoms with Crippen LogP contribution in [0.25, 0.3) is 10.9 Å². The lowest BCUT2D eigenvalue weighted by Gasteiger charge is -2.14. The van der Waals surface area contributed by atoms with Crippen molar-refractivity contribution in [1.82, 2.24) is 10.3 Å². The van der Waals surface area contributed by atoms with E-state index in [1.165, 1.54) is 12.8 Å². The first kappa shape index (κ1) is 13.9. The topological polar surface area (TPSA) is 54.0 Å². The minimum absolute atomic E-state index is 0.0922. The van der Waals surface area contributed by atoms with Crippen molar-refractivity contribution in [3.05, 3.63) is 36.0 Å². The summed E-state index contributed by atoms with van der Waals surface area (Å²) in [5.41, 5.74) is 2.24. The third-order valence-corrected chi connectivity index (χ3v) is 3.98. The highest BCUT2D eigenvalue weighted by Gasteiger charge is 2.24. The van der Waals surface area contributed by atoms with Crippen LogP contribution in [0.1, 0.15) is 36.7 Å². The second kappa shape index (κ2) is 5.72. The van der Waals surface area contributed by atoms with E-state index in [2.05, 4.69) is 22.5 Å². The number of anilines is 1. The normalized spacial score (nSPS) is 15.7. The van der Waals surface area contributed by atoms with Crippen molar-refractivity contribution in [3.63, 3.8) is 0 Å². The SMILES string of the molecule is CNc1cc(C(=O)NC(C)CC2CC2)nc2ccccc12. The first-order chi connectivity index (χ1) is 10.2. The quantitative estimate of drug-likeness (QED) is 0.886. The highest BCUT2D eigenvalue weighted by Crippen LogP contribution is 2.33. The van der Waals surface area contributed by atoms with Crippen molar-refractivity contribution in [1.29, 1.82) is 0 Å². The summed E-state index contributed by atoms with van der Waals surface area (Å²) in [6, 6.07) is 9.87. The number of rotatable bonds is 5. The summed E-state index contributed by atoms with van der Waals surface area (Å²) < 4.78 is 0. The molecule has 1 saturated carbocycles. The second-order valence-electron chi connectivity index (χ2n) is 5.88. The van der Waals surface area contributed by atoms with Crippen LogP contribution in [0.2, 0.25) is 0 Å². The zero-order valence-electron chi connectivity index (χ0n) is 12.5. The Bertz CT molecular complexity index is 664. The third-order valence-electron chi connectivity index (χ3n) is 3.98. The summed E-state index contributed by atoms with van der Waals surface area (Å²) in [6.07, 6.45) is 3.68. The lowest BCUT2D eigenvalue weighted by molar-refractivity contribution is 0.0933. The average molecular weight is 283 g/mol. The van der Waals surface area contributed by atoms with Gasteiger partial charge in [0.2, 0.25) is 0 Å². The number of para-hydroxylation sites is 1. The van der Waals surface area contributed by atoms with Gasteiger partial charge in [-0.05, 0) is 31.4 Å². The van der Waals surface area contributed by atoms with E-state index < -0.39 is 0 Å². The number of hydrogen-bond donors (Lipinski definition) is 2. The lowest BCUT2D eigenvalue weighted by atomic mass is 10.1. The number of benzene rings is 1. The first-order valence-electron chi connectivity index (χ1n) is 7.56. The summed E-state index contributed by atoms with van der Waals surface area (Å²) in [6.45, 7) is 2.07. The van der Waals surface area contributed by atoms with Crippen molar-refractivity contribution in [3.8, 4) is 0 Å². The molecule has 110 valence electrons. The first-order valence-corrected chi connectivity index (χ1v) is 7.56. The van der Waals surface area contributed by atoms with E-state index >= 15 is 0 Å². The molecule has 1 fully saturated rings. The van der Waals surface area contributed by atoms with Gasteiger partial charge in [0.25, 0.3) is 5.91 Å². The fourth-order valence-electron chi connectivity index (χ4n) is 2.71. The molecule has 0 aliphatic heterocycles. The molecule has 1 heterocycles. The summed E-state index contributed by atoms with van der Waals surface area (Å²) in [7, 11) is 1.86. The Morgan fingerprint density at radius 1 is 1.38 bits per heavy atom. The van der Waals surface area contributed by atoms with Gasteiger partial charge in [-0.2, -0.15) is 0 Å². The van der Waals surface area contributed by atoms with Crippen LogP contribution < -0.4 is 10.6 Å². The van der Waals surface area contributed by atoms with E-state index in [0.29, 0.717) is 5.69 Å². The molecule has 0 bridgehead atoms. The van der Waals surface area contributed by atoms with Crippen molar-refractivity contribution in [2.45, 2.75) is 32.2 Å². The van der Waals surface area contributed by atoms with Gasteiger partial charge >= 0.3 is 0 Å². The Hall–Kier alpha value is -2.10. The van der Waals surface area contributed by atoms with Crippen LogP contribution in [-0.4, -0.2) is 24.0 Å². The Morgan fingerprint density at radius 2 is 2.14 bits per heavy atom. The number of hydrogen-bond acceptors (Lipinski definition) is 3. The van der Waals surface area contributed by atoms with Gasteiger partial charge in [-0.1, -0.05) is 31.0 Å². The standard InChI is InChI=1S/C17H21N3O/c1-11(9-12-7-8-12)19-17(21)16-10-15(18-2)13-5-3-4-6-14(13)20-16/h3-6,10-12H,7-9H2,1-2H3,(H,18,20)(H,19,21). The van der Waals surface area contributed by atoms with Crippen LogP contribution in [0.4, 0.5) is 5.69 Å². The lowest BCUT2D eigenvalue weighted by Crippen LogP contribution is -2.33. The van der Waals surface area contributed by atoms with E-state index in [4.69, 9.17) is 0 Å². The zero-order chi connectivity index (χ0) is 14.8. The number of pyridine rings is 1. The van der Waals surface area contributed by atoms with Crippen LogP contribution in [0.5, 0.6) is 0 Å². The predicted molar refractivity (Wildman–Crippen MR) is 85.6 cm³/mol. The summed E-state index contributed by atoms with van der Waals surface area (Å²) >= 11 is 0. The largest absolute Gasteiger partial charge is 0.388 e. The van der Waals surface area contributed by atoms with Gasteiger partial charge in [-0.3, -0.25) is 4.79 Å². The van der Waals surface area contributed by atoms with Gasteiger partial charge in [-0.15, -0.1) is 0 Å². The third kappa shape index (κ3) is 3.15. The molecule has 1 atom stereocenters. The Morgan fingerprint density at radius 3 is 2.86 bits per heavy atom. The summed E-state index contributed by atoms with van der Waals surface area (Å²) in [5, 5.41) is 7.23. The van der Waals surface area contributed by atoms with E-state index in [9.17, 15) is 4.79 Å². The fraction of sp³-hybridized carbons (Fsp3) is 0.412. The molecule has 4 nitrogen and oxygen atoms in total. The summed E-state index contributed by atoms with van der Waals surface area (Å²) in [5.74, 6) is 0.711. The van der Waals surface area contributed by atoms with Crippen molar-refractivity contribution in [2.24, 2.45) is 5.92 Å². The highest BCUT2D eigenvalue weighted by atomic mass is 16.1. The number of amides is 1. The number of aromatic nitrogens is 1. The maximum absolute atomic E-state index is 12.4. The molecule has 0 radical (unpaired) electrons. The average Bonchev–Trinajstić information content (AvgIpc) is 3.29. The minimum atomic E-state index is -0.0922. The molecular formula is C17H21N3O. The highest BCUT2D eigenvalue weighted by molar-refractivity contribution is 5.99. The van der Waals surface area contributed by atoms with Crippen LogP contribution in [0, 0.1) is 5.92 Å². The molecule has 2 aromatic rings. The van der Waals surface area contributed by atoms with Gasteiger partial charge in [0.15, 0.2) is 0 Å². The molecule has 3 rings (SSSR count). The molecule has 1 aromatic carbocycles. The maximum Gasteiger partial charge on any atom is 0.270 e. The molecule has 2 N–H and O–H groups in total. The van der Waals surface area contributed by atoms with Gasteiger partial charge < -0.3 is 10.6 Å². The molecule has 4 heteroatoms. The smallest absolute Gasteiger partial charge is 0.270 e. The summed E-state index contributed by atoms with van der Waals surface area (Å²) in [4.78, 5) is 16.8. The van der Waals surface area contributed by atoms with Gasteiger partial charge in [0.1, 0.15) is 5.69 Å². The molecular weight excluding hydrogens is 262 g/mol. The predicted octanol–water partition coefficient (Wildman–Crippen LogP) is 3.19. The van der Waals surface area contributed by atoms with E-state index in [-0.39, 0.29) is 11.9 Å². The van der Waals surface area contributed by atoms with Gasteiger partial charge in [0, 0.05) is 24.2 Å². The number of fused-ring (bicyclic) bond motifs is 1. The number of nitrogens with zero attached hydrogens (tertiary/aromatic N) is 1. The van der Waals surface area contributed by atoms with E-state index in [1.807, 2.05) is 37.4 Å². The molecule has 1 unspecified atom stereocenters. The Balaban J connectivity index is 1.83. The Kier molecular flexibility index (Phi) is 3.78. The number of carbonyl (C=O) groups excluding carboxylic acids is 1. The van der Waals surface area contributed by atoms with Crippen molar-refractivity contribution in [2.75, 3.05) is 12.4 Å². The second-order valence-corrected chi connectivity index (χ2v) is 5.88. The molecule has 0 saturated heterocycles. The molecule has 1 aromatic heterocycles. The Labute approximate surface area is 125 Å². The fourth-order valence-corrected chi connectivity index (χ4v) is 2.71. The minimum Gasteiger partial charge on any atom is -0.388 e. The number of nitrogens with one attached hydrogen (secondary N) is 2. The zero-order valence-corrected chi connectivity index (χ0v) is 12.5. The molecule has 1 aliphatic rings. The maximum atomic E-state index is 12.4.